The minimum Gasteiger partial charge on any atom is 0 e. The summed E-state index contributed by atoms with van der Waals surface area (Å²) in [5.74, 6) is -1.19. The Balaban J connectivity index is -0.000000114. The molecule has 1 unspecified atom stereocenters. The van der Waals surface area contributed by atoms with Crippen molar-refractivity contribution >= 4 is 10.1 Å². The van der Waals surface area contributed by atoms with Gasteiger partial charge in [0.2, 0.25) is 0 Å². The molecule has 0 saturated heterocycles. The summed E-state index contributed by atoms with van der Waals surface area (Å²) in [4.78, 5) is 18.9. The molecule has 4 nitrogen and oxygen atoms in total. The molecule has 11 heavy (non-hydrogen) atoms. The van der Waals surface area contributed by atoms with Crippen LogP contribution in [0.15, 0.2) is 0 Å². The molecule has 61 valence electrons. The van der Waals surface area contributed by atoms with Gasteiger partial charge in [0.1, 0.15) is 6.10 Å². The van der Waals surface area contributed by atoms with Crippen molar-refractivity contribution in [1.82, 2.24) is 0 Å². The van der Waals surface area contributed by atoms with Gasteiger partial charge in [0.15, 0.2) is 0 Å². The number of carboxylic acid groups (broad SMARTS) is 1. The van der Waals surface area contributed by atoms with Crippen molar-refractivity contribution < 1.29 is 62.0 Å². The summed E-state index contributed by atoms with van der Waals surface area (Å²) in [5, 5.41) is 15.8. The number of carbonyl (C=O) groups excluding carboxylic acids is 1. The largest absolute Gasteiger partial charge is 0 e. The van der Waals surface area contributed by atoms with E-state index < -0.39 is 12.1 Å². The Labute approximate surface area is 91.6 Å². The summed E-state index contributed by atoms with van der Waals surface area (Å²) in [6.45, 7) is 2.72. The molecule has 0 bridgehead atoms. The maximum atomic E-state index is 9.45. The van der Waals surface area contributed by atoms with Crippen LogP contribution in [-0.4, -0.2) is 26.4 Å². The standard InChI is InChI=1S/C3H6O3.C2H3O.2Ti/c1-2(4)3(5)6;1-2-3;;/h2,4H,1H3,(H,5,6);1H3;;. The zero-order valence-electron chi connectivity index (χ0n) is 6.29. The van der Waals surface area contributed by atoms with E-state index in [-0.39, 0.29) is 25.8 Å². The molecule has 0 radical (unpaired) electrons. The van der Waals surface area contributed by atoms with Crippen LogP contribution < -0.4 is 0 Å². The molecule has 0 saturated carbocycles. The van der Waals surface area contributed by atoms with Crippen molar-refractivity contribution in [3.8, 4) is 0 Å². The normalized spacial score (nSPS) is 9.64. The van der Waals surface area contributed by atoms with Crippen LogP contribution >= 0.6 is 0 Å². The van der Waals surface area contributed by atoms with Gasteiger partial charge in [-0.1, -0.05) is 0 Å². The number of aliphatic carboxylic acids is 1. The molecule has 0 aliphatic rings. The van der Waals surface area contributed by atoms with Crippen molar-refractivity contribution in [3.63, 3.8) is 0 Å². The van der Waals surface area contributed by atoms with Crippen LogP contribution in [-0.2, 0) is 51.7 Å². The minimum absolute atomic E-state index is 0. The van der Waals surface area contributed by atoms with Crippen LogP contribution in [0.5, 0.6) is 0 Å². The molecule has 0 amide bonds. The number of aliphatic hydroxyl groups excluding tert-OH is 1. The van der Waals surface area contributed by atoms with Crippen molar-refractivity contribution in [3.05, 3.63) is 0 Å². The van der Waals surface area contributed by atoms with E-state index in [1.54, 1.807) is 0 Å². The molecule has 0 aromatic heterocycles. The van der Waals surface area contributed by atoms with Crippen molar-refractivity contribution in [1.29, 1.82) is 0 Å². The molecule has 0 aromatic carbocycles. The summed E-state index contributed by atoms with van der Waals surface area (Å²) in [7, 11) is 0. The summed E-state index contributed by atoms with van der Waals surface area (Å²) in [6, 6.07) is 0. The van der Waals surface area contributed by atoms with Crippen LogP contribution in [0.2, 0.25) is 0 Å². The third kappa shape index (κ3) is 37.3. The summed E-state index contributed by atoms with van der Waals surface area (Å²) < 4.78 is 0.167. The van der Waals surface area contributed by atoms with Crippen molar-refractivity contribution in [2.45, 2.75) is 20.0 Å². The number of carbonyl (C=O) groups is 2. The first-order valence-electron chi connectivity index (χ1n) is 2.51. The van der Waals surface area contributed by atoms with E-state index in [2.05, 4.69) is 0 Å². The Hall–Kier alpha value is 0.529. The average molecular weight is 229 g/mol. The van der Waals surface area contributed by atoms with Crippen LogP contribution in [0.3, 0.4) is 0 Å². The molecular formula is C5H9O4Ti2. The SMILES string of the molecule is CC(O)C(=O)O.C[C](=O)[Ti].[Ti]. The molecule has 1 atom stereocenters. The molecule has 6 heteroatoms. The monoisotopic (exact) mass is 229 g/mol. The minimum atomic E-state index is -1.23. The zero-order valence-corrected chi connectivity index (χ0v) is 9.41. The number of rotatable bonds is 1. The van der Waals surface area contributed by atoms with Gasteiger partial charge in [-0.25, -0.2) is 4.79 Å². The van der Waals surface area contributed by atoms with Crippen LogP contribution in [0.25, 0.3) is 0 Å². The Morgan fingerprint density at radius 1 is 1.45 bits per heavy atom. The molecule has 0 heterocycles. The fourth-order valence-electron chi connectivity index (χ4n) is 0. The van der Waals surface area contributed by atoms with E-state index in [1.807, 2.05) is 0 Å². The predicted molar refractivity (Wildman–Crippen MR) is 30.0 cm³/mol. The van der Waals surface area contributed by atoms with Crippen LogP contribution in [0, 0.1) is 0 Å². The molecule has 0 rings (SSSR count). The van der Waals surface area contributed by atoms with Crippen molar-refractivity contribution in [2.24, 2.45) is 0 Å². The molecule has 0 aliphatic heterocycles. The van der Waals surface area contributed by atoms with Gasteiger partial charge in [-0.05, 0) is 6.92 Å². The van der Waals surface area contributed by atoms with E-state index in [0.29, 0.717) is 0 Å². The van der Waals surface area contributed by atoms with E-state index in [4.69, 9.17) is 10.2 Å². The van der Waals surface area contributed by atoms with E-state index in [0.717, 1.165) is 0 Å². The summed E-state index contributed by atoms with van der Waals surface area (Å²) >= 11 is 1.53. The third-order valence-electron chi connectivity index (χ3n) is 0.357. The second-order valence-electron chi connectivity index (χ2n) is 1.57. The maximum absolute atomic E-state index is 9.45. The first kappa shape index (κ1) is 17.6. The number of carboxylic acids is 1. The third-order valence-corrected chi connectivity index (χ3v) is 0.357. The van der Waals surface area contributed by atoms with Gasteiger partial charge in [-0.3, -0.25) is 0 Å². The van der Waals surface area contributed by atoms with Gasteiger partial charge in [-0.15, -0.1) is 0 Å². The first-order chi connectivity index (χ1) is 4.37. The Bertz CT molecular complexity index is 120. The quantitative estimate of drug-likeness (QED) is 0.596. The van der Waals surface area contributed by atoms with Gasteiger partial charge in [0.05, 0.1) is 0 Å². The van der Waals surface area contributed by atoms with Gasteiger partial charge in [-0.2, -0.15) is 0 Å². The second-order valence-corrected chi connectivity index (χ2v) is 2.67. The number of hydrogen-bond acceptors (Lipinski definition) is 3. The van der Waals surface area contributed by atoms with Gasteiger partial charge in [0.25, 0.3) is 0 Å². The van der Waals surface area contributed by atoms with Gasteiger partial charge >= 0.3 is 42.2 Å². The number of aliphatic hydroxyl groups is 1. The van der Waals surface area contributed by atoms with E-state index in [1.165, 1.54) is 34.3 Å². The van der Waals surface area contributed by atoms with E-state index >= 15 is 0 Å². The fourth-order valence-corrected chi connectivity index (χ4v) is 0. The van der Waals surface area contributed by atoms with E-state index in [9.17, 15) is 9.59 Å². The summed E-state index contributed by atoms with van der Waals surface area (Å²) in [6.07, 6.45) is -1.23. The van der Waals surface area contributed by atoms with Crippen molar-refractivity contribution in [2.75, 3.05) is 0 Å². The zero-order chi connectivity index (χ0) is 8.73. The molecule has 0 aliphatic carbocycles. The topological polar surface area (TPSA) is 74.6 Å². The molecule has 2 N–H and O–H groups in total. The second kappa shape index (κ2) is 10.5. The maximum Gasteiger partial charge on any atom is 0 e. The smallest absolute Gasteiger partial charge is 0 e. The first-order valence-corrected chi connectivity index (χ1v) is 3.29. The Morgan fingerprint density at radius 2 is 1.55 bits per heavy atom. The van der Waals surface area contributed by atoms with Gasteiger partial charge < -0.3 is 10.2 Å². The summed E-state index contributed by atoms with van der Waals surface area (Å²) in [5.41, 5.74) is 0. The predicted octanol–water partition coefficient (Wildman–Crippen LogP) is -0.471. The Kier molecular flexibility index (Phi) is 16.8. The number of hydrogen-bond donors (Lipinski definition) is 2. The fraction of sp³-hybridized carbons (Fsp3) is 0.600. The van der Waals surface area contributed by atoms with Crippen LogP contribution in [0.1, 0.15) is 13.8 Å². The molecule has 0 aromatic rings. The van der Waals surface area contributed by atoms with Crippen LogP contribution in [0.4, 0.5) is 0 Å². The molecule has 0 fully saturated rings. The molecular weight excluding hydrogens is 220 g/mol. The molecule has 0 spiro atoms. The average Bonchev–Trinajstić information content (AvgIpc) is 1.63. The Morgan fingerprint density at radius 3 is 1.55 bits per heavy atom. The van der Waals surface area contributed by atoms with Gasteiger partial charge in [0, 0.05) is 21.7 Å².